The summed E-state index contributed by atoms with van der Waals surface area (Å²) in [6.45, 7) is 3.93. The Balaban J connectivity index is 2.01. The van der Waals surface area contributed by atoms with Crippen LogP contribution in [0.3, 0.4) is 0 Å². The summed E-state index contributed by atoms with van der Waals surface area (Å²) < 4.78 is 5.10. The van der Waals surface area contributed by atoms with Gasteiger partial charge in [-0.25, -0.2) is 0 Å². The summed E-state index contributed by atoms with van der Waals surface area (Å²) in [6, 6.07) is 3.26. The van der Waals surface area contributed by atoms with Crippen LogP contribution in [0.5, 0.6) is 11.5 Å². The minimum atomic E-state index is -0.426. The number of phenols is 1. The number of hydrogen-bond donors (Lipinski definition) is 3. The van der Waals surface area contributed by atoms with Gasteiger partial charge in [0.15, 0.2) is 11.5 Å². The highest BCUT2D eigenvalue weighted by atomic mass is 35.5. The Kier molecular flexibility index (Phi) is 3.66. The number of anilines is 1. The zero-order chi connectivity index (χ0) is 16.0. The van der Waals surface area contributed by atoms with E-state index in [0.29, 0.717) is 11.1 Å². The Morgan fingerprint density at radius 3 is 2.73 bits per heavy atom. The van der Waals surface area contributed by atoms with E-state index >= 15 is 0 Å². The number of methoxy groups -OCH3 is 1. The number of rotatable bonds is 2. The van der Waals surface area contributed by atoms with Crippen LogP contribution in [-0.4, -0.2) is 18.1 Å². The highest BCUT2D eigenvalue weighted by Gasteiger charge is 2.29. The fraction of sp³-hybridized carbons (Fsp3) is 0.267. The summed E-state index contributed by atoms with van der Waals surface area (Å²) in [5.74, 6) is 0.0326. The number of aryl methyl sites for hydroxylation is 1. The molecule has 22 heavy (non-hydrogen) atoms. The Morgan fingerprint density at radius 1 is 1.32 bits per heavy atom. The molecule has 0 saturated carbocycles. The summed E-state index contributed by atoms with van der Waals surface area (Å²) in [5, 5.41) is 17.0. The van der Waals surface area contributed by atoms with Crippen molar-refractivity contribution in [2.45, 2.75) is 20.0 Å². The van der Waals surface area contributed by atoms with Crippen LogP contribution >= 0.6 is 22.9 Å². The number of hydrogen-bond acceptors (Lipinski definition) is 5. The van der Waals surface area contributed by atoms with E-state index in [-0.39, 0.29) is 22.4 Å². The van der Waals surface area contributed by atoms with Gasteiger partial charge in [-0.05, 0) is 37.1 Å². The Hall–Kier alpha value is -1.92. The van der Waals surface area contributed by atoms with Crippen molar-refractivity contribution in [3.05, 3.63) is 38.7 Å². The molecule has 2 heterocycles. The molecule has 3 N–H and O–H groups in total. The Morgan fingerprint density at radius 2 is 2.05 bits per heavy atom. The highest BCUT2D eigenvalue weighted by Crippen LogP contribution is 2.40. The van der Waals surface area contributed by atoms with E-state index in [0.717, 1.165) is 15.4 Å². The first-order valence-corrected chi connectivity index (χ1v) is 7.85. The largest absolute Gasteiger partial charge is 0.503 e. The lowest BCUT2D eigenvalue weighted by molar-refractivity contribution is 0.0935. The summed E-state index contributed by atoms with van der Waals surface area (Å²) in [4.78, 5) is 13.5. The number of amides is 1. The molecule has 1 unspecified atom stereocenters. The molecule has 7 heteroatoms. The Bertz CT molecular complexity index is 773. The van der Waals surface area contributed by atoms with Gasteiger partial charge < -0.3 is 20.5 Å². The van der Waals surface area contributed by atoms with E-state index in [1.165, 1.54) is 7.11 Å². The smallest absolute Gasteiger partial charge is 0.256 e. The first-order chi connectivity index (χ1) is 10.4. The van der Waals surface area contributed by atoms with Gasteiger partial charge in [-0.2, -0.15) is 0 Å². The SMILES string of the molecule is COc1cc(C2NC(=O)c3c(sc(C)c3C)N2)cc(Cl)c1O. The average molecular weight is 339 g/mol. The first kappa shape index (κ1) is 15.0. The lowest BCUT2D eigenvalue weighted by atomic mass is 10.1. The molecule has 0 fully saturated rings. The van der Waals surface area contributed by atoms with E-state index in [1.54, 1.807) is 23.5 Å². The van der Waals surface area contributed by atoms with Crippen molar-refractivity contribution >= 4 is 33.8 Å². The predicted molar refractivity (Wildman–Crippen MR) is 87.3 cm³/mol. The zero-order valence-corrected chi connectivity index (χ0v) is 13.9. The van der Waals surface area contributed by atoms with Crippen LogP contribution in [0.1, 0.15) is 32.5 Å². The number of carbonyl (C=O) groups is 1. The molecule has 0 aliphatic carbocycles. The number of benzene rings is 1. The molecule has 0 saturated heterocycles. The standard InChI is InChI=1S/C15H15ClN2O3S/c1-6-7(2)22-15-11(6)14(20)17-13(18-15)8-4-9(16)12(19)10(5-8)21-3/h4-5,13,18-19H,1-3H3,(H,17,20). The molecule has 3 rings (SSSR count). The molecule has 1 atom stereocenters. The Labute approximate surface area is 136 Å². The molecule has 2 aromatic rings. The molecule has 0 radical (unpaired) electrons. The second-order valence-electron chi connectivity index (χ2n) is 5.09. The van der Waals surface area contributed by atoms with Gasteiger partial charge in [0.25, 0.3) is 5.91 Å². The van der Waals surface area contributed by atoms with Gasteiger partial charge in [0.1, 0.15) is 11.2 Å². The monoisotopic (exact) mass is 338 g/mol. The van der Waals surface area contributed by atoms with Crippen LogP contribution < -0.4 is 15.4 Å². The van der Waals surface area contributed by atoms with Gasteiger partial charge in [-0.15, -0.1) is 11.3 Å². The van der Waals surface area contributed by atoms with Crippen molar-refractivity contribution in [1.82, 2.24) is 5.32 Å². The minimum absolute atomic E-state index is 0.112. The van der Waals surface area contributed by atoms with Gasteiger partial charge >= 0.3 is 0 Å². The molecule has 1 aliphatic rings. The maximum absolute atomic E-state index is 12.4. The fourth-order valence-corrected chi connectivity index (χ4v) is 3.76. The van der Waals surface area contributed by atoms with E-state index in [4.69, 9.17) is 16.3 Å². The number of ether oxygens (including phenoxy) is 1. The second-order valence-corrected chi connectivity index (χ2v) is 6.72. The lowest BCUT2D eigenvalue weighted by Gasteiger charge is -2.27. The number of aromatic hydroxyl groups is 1. The predicted octanol–water partition coefficient (Wildman–Crippen LogP) is 3.59. The highest BCUT2D eigenvalue weighted by molar-refractivity contribution is 7.16. The molecule has 1 aliphatic heterocycles. The minimum Gasteiger partial charge on any atom is -0.503 e. The van der Waals surface area contributed by atoms with E-state index in [9.17, 15) is 9.90 Å². The average Bonchev–Trinajstić information content (AvgIpc) is 2.77. The molecule has 0 spiro atoms. The topological polar surface area (TPSA) is 70.6 Å². The first-order valence-electron chi connectivity index (χ1n) is 6.66. The van der Waals surface area contributed by atoms with Crippen LogP contribution in [-0.2, 0) is 0 Å². The number of carbonyl (C=O) groups excluding carboxylic acids is 1. The molecule has 5 nitrogen and oxygen atoms in total. The number of halogens is 1. The summed E-state index contributed by atoms with van der Waals surface area (Å²) in [5.41, 5.74) is 2.39. The maximum Gasteiger partial charge on any atom is 0.256 e. The fourth-order valence-electron chi connectivity index (χ4n) is 2.46. The van der Waals surface area contributed by atoms with E-state index in [2.05, 4.69) is 10.6 Å². The van der Waals surface area contributed by atoms with Crippen LogP contribution in [0.25, 0.3) is 0 Å². The van der Waals surface area contributed by atoms with Crippen LogP contribution in [0.2, 0.25) is 5.02 Å². The molecular formula is C15H15ClN2O3S. The molecular weight excluding hydrogens is 324 g/mol. The van der Waals surface area contributed by atoms with Gasteiger partial charge in [-0.1, -0.05) is 11.6 Å². The molecule has 0 bridgehead atoms. The summed E-state index contributed by atoms with van der Waals surface area (Å²) in [6.07, 6.45) is -0.426. The van der Waals surface area contributed by atoms with E-state index in [1.807, 2.05) is 13.8 Å². The number of nitrogens with one attached hydrogen (secondary N) is 2. The van der Waals surface area contributed by atoms with Gasteiger partial charge in [0.05, 0.1) is 17.7 Å². The van der Waals surface area contributed by atoms with Gasteiger partial charge in [0, 0.05) is 4.88 Å². The summed E-state index contributed by atoms with van der Waals surface area (Å²) in [7, 11) is 1.45. The normalized spacial score (nSPS) is 16.7. The van der Waals surface area contributed by atoms with Crippen molar-refractivity contribution in [3.8, 4) is 11.5 Å². The number of thiophene rings is 1. The molecule has 1 aromatic heterocycles. The number of fused-ring (bicyclic) bond motifs is 1. The van der Waals surface area contributed by atoms with Crippen molar-refractivity contribution in [2.75, 3.05) is 12.4 Å². The third kappa shape index (κ3) is 2.28. The van der Waals surface area contributed by atoms with Gasteiger partial charge in [0.2, 0.25) is 0 Å². The zero-order valence-electron chi connectivity index (χ0n) is 12.3. The molecule has 116 valence electrons. The van der Waals surface area contributed by atoms with Crippen molar-refractivity contribution < 1.29 is 14.6 Å². The maximum atomic E-state index is 12.4. The third-order valence-electron chi connectivity index (χ3n) is 3.77. The van der Waals surface area contributed by atoms with Crippen LogP contribution in [0, 0.1) is 13.8 Å². The molecule has 1 aromatic carbocycles. The number of phenolic OH excluding ortho intramolecular Hbond substituents is 1. The van der Waals surface area contributed by atoms with Crippen LogP contribution in [0.4, 0.5) is 5.00 Å². The van der Waals surface area contributed by atoms with Gasteiger partial charge in [-0.3, -0.25) is 4.79 Å². The summed E-state index contributed by atoms with van der Waals surface area (Å²) >= 11 is 7.57. The van der Waals surface area contributed by atoms with Crippen molar-refractivity contribution in [1.29, 1.82) is 0 Å². The van der Waals surface area contributed by atoms with Crippen molar-refractivity contribution in [3.63, 3.8) is 0 Å². The molecule has 1 amide bonds. The van der Waals surface area contributed by atoms with Crippen molar-refractivity contribution in [2.24, 2.45) is 0 Å². The third-order valence-corrected chi connectivity index (χ3v) is 5.19. The second kappa shape index (κ2) is 5.37. The van der Waals surface area contributed by atoms with Crippen LogP contribution in [0.15, 0.2) is 12.1 Å². The van der Waals surface area contributed by atoms with E-state index < -0.39 is 6.17 Å². The lowest BCUT2D eigenvalue weighted by Crippen LogP contribution is -2.38. The quantitative estimate of drug-likeness (QED) is 0.782.